The monoisotopic (exact) mass is 248 g/mol. The first-order valence-corrected chi connectivity index (χ1v) is 5.58. The largest absolute Gasteiger partial charge is 0.508 e. The lowest BCUT2D eigenvalue weighted by Gasteiger charge is -2.09. The molecule has 6 nitrogen and oxygen atoms in total. The van der Waals surface area contributed by atoms with Crippen molar-refractivity contribution in [3.8, 4) is 0 Å². The van der Waals surface area contributed by atoms with Gasteiger partial charge >= 0.3 is 12.3 Å². The Hall–Kier alpha value is -1.46. The second-order valence-corrected chi connectivity index (χ2v) is 3.88. The third-order valence-corrected chi connectivity index (χ3v) is 1.39. The number of carbonyl (C=O) groups is 2. The van der Waals surface area contributed by atoms with Crippen LogP contribution in [-0.2, 0) is 18.9 Å². The van der Waals surface area contributed by atoms with Gasteiger partial charge in [0.25, 0.3) is 0 Å². The fourth-order valence-electron chi connectivity index (χ4n) is 0.823. The molecule has 0 aliphatic carbocycles. The molecule has 0 aromatic rings. The van der Waals surface area contributed by atoms with Crippen LogP contribution in [0.2, 0.25) is 0 Å². The van der Waals surface area contributed by atoms with Gasteiger partial charge in [-0.2, -0.15) is 0 Å². The first kappa shape index (κ1) is 15.5. The Morgan fingerprint density at radius 2 is 1.18 bits per heavy atom. The summed E-state index contributed by atoms with van der Waals surface area (Å²) in [5.74, 6) is 0. The molecular formula is C11H20O6. The van der Waals surface area contributed by atoms with Crippen molar-refractivity contribution in [2.24, 2.45) is 0 Å². The highest BCUT2D eigenvalue weighted by molar-refractivity contribution is 5.60. The van der Waals surface area contributed by atoms with Gasteiger partial charge in [-0.1, -0.05) is 0 Å². The molecule has 0 aliphatic rings. The summed E-state index contributed by atoms with van der Waals surface area (Å²) in [7, 11) is 0. The van der Waals surface area contributed by atoms with E-state index in [0.717, 1.165) is 0 Å². The Balaban J connectivity index is 3.40. The maximum Gasteiger partial charge on any atom is 0.508 e. The molecule has 0 spiro atoms. The standard InChI is InChI=1S/C11H20O6/c1-8(2)16-10(12)14-6-5-7-15-11(13)17-9(3)4/h8-9H,5-7H2,1-4H3. The normalized spacial score (nSPS) is 10.2. The average molecular weight is 248 g/mol. The lowest BCUT2D eigenvalue weighted by molar-refractivity contribution is 0.0190. The minimum absolute atomic E-state index is 0.139. The summed E-state index contributed by atoms with van der Waals surface area (Å²) in [6, 6.07) is 0. The Kier molecular flexibility index (Phi) is 7.92. The summed E-state index contributed by atoms with van der Waals surface area (Å²) < 4.78 is 18.9. The Morgan fingerprint density at radius 3 is 1.47 bits per heavy atom. The van der Waals surface area contributed by atoms with Crippen LogP contribution in [0.25, 0.3) is 0 Å². The fourth-order valence-corrected chi connectivity index (χ4v) is 0.823. The van der Waals surface area contributed by atoms with Crippen molar-refractivity contribution in [2.45, 2.75) is 46.3 Å². The van der Waals surface area contributed by atoms with Gasteiger partial charge in [-0.05, 0) is 27.7 Å². The van der Waals surface area contributed by atoms with E-state index in [2.05, 4.69) is 0 Å². The van der Waals surface area contributed by atoms with Crippen molar-refractivity contribution in [2.75, 3.05) is 13.2 Å². The molecule has 0 aliphatic heterocycles. The van der Waals surface area contributed by atoms with E-state index < -0.39 is 12.3 Å². The lowest BCUT2D eigenvalue weighted by Crippen LogP contribution is -2.16. The molecule has 100 valence electrons. The van der Waals surface area contributed by atoms with Crippen molar-refractivity contribution in [3.05, 3.63) is 0 Å². The van der Waals surface area contributed by atoms with E-state index in [9.17, 15) is 9.59 Å². The van der Waals surface area contributed by atoms with Crippen LogP contribution in [0.5, 0.6) is 0 Å². The van der Waals surface area contributed by atoms with Gasteiger partial charge in [-0.3, -0.25) is 0 Å². The highest BCUT2D eigenvalue weighted by Crippen LogP contribution is 1.96. The van der Waals surface area contributed by atoms with Gasteiger partial charge in [-0.15, -0.1) is 0 Å². The predicted molar refractivity (Wildman–Crippen MR) is 59.8 cm³/mol. The van der Waals surface area contributed by atoms with Crippen LogP contribution in [0.1, 0.15) is 34.1 Å². The van der Waals surface area contributed by atoms with E-state index in [4.69, 9.17) is 18.9 Å². The van der Waals surface area contributed by atoms with E-state index in [-0.39, 0.29) is 25.4 Å². The van der Waals surface area contributed by atoms with E-state index in [1.807, 2.05) is 0 Å². The molecule has 0 radical (unpaired) electrons. The molecule has 0 saturated heterocycles. The van der Waals surface area contributed by atoms with Gasteiger partial charge in [0.2, 0.25) is 0 Å². The molecule has 0 saturated carbocycles. The molecule has 0 rings (SSSR count). The van der Waals surface area contributed by atoms with Crippen LogP contribution >= 0.6 is 0 Å². The van der Waals surface area contributed by atoms with Gasteiger partial charge in [0, 0.05) is 6.42 Å². The molecular weight excluding hydrogens is 228 g/mol. The minimum Gasteiger partial charge on any atom is -0.434 e. The molecule has 0 heterocycles. The molecule has 0 bridgehead atoms. The Bertz CT molecular complexity index is 212. The van der Waals surface area contributed by atoms with Crippen LogP contribution < -0.4 is 0 Å². The number of rotatable bonds is 6. The van der Waals surface area contributed by atoms with E-state index in [1.54, 1.807) is 27.7 Å². The zero-order chi connectivity index (χ0) is 13.3. The van der Waals surface area contributed by atoms with Crippen molar-refractivity contribution < 1.29 is 28.5 Å². The second-order valence-electron chi connectivity index (χ2n) is 3.88. The zero-order valence-electron chi connectivity index (χ0n) is 10.7. The van der Waals surface area contributed by atoms with Crippen LogP contribution in [0.3, 0.4) is 0 Å². The van der Waals surface area contributed by atoms with Crippen LogP contribution in [-0.4, -0.2) is 37.7 Å². The maximum absolute atomic E-state index is 10.9. The average Bonchev–Trinajstić information content (AvgIpc) is 2.14. The summed E-state index contributed by atoms with van der Waals surface area (Å²) in [6.07, 6.45) is -1.45. The molecule has 0 aromatic heterocycles. The fraction of sp³-hybridized carbons (Fsp3) is 0.818. The molecule has 0 fully saturated rings. The summed E-state index contributed by atoms with van der Waals surface area (Å²) in [5, 5.41) is 0. The van der Waals surface area contributed by atoms with Crippen LogP contribution in [0.15, 0.2) is 0 Å². The number of hydrogen-bond acceptors (Lipinski definition) is 6. The van der Waals surface area contributed by atoms with E-state index in [1.165, 1.54) is 0 Å². The Labute approximate surface area is 101 Å². The molecule has 0 amide bonds. The summed E-state index contributed by atoms with van der Waals surface area (Å²) in [6.45, 7) is 7.19. The van der Waals surface area contributed by atoms with Gasteiger partial charge in [0.05, 0.1) is 25.4 Å². The number of hydrogen-bond donors (Lipinski definition) is 0. The Morgan fingerprint density at radius 1 is 0.824 bits per heavy atom. The topological polar surface area (TPSA) is 71.1 Å². The molecule has 0 unspecified atom stereocenters. The molecule has 0 aromatic carbocycles. The highest BCUT2D eigenvalue weighted by atomic mass is 16.7. The summed E-state index contributed by atoms with van der Waals surface area (Å²) in [5.41, 5.74) is 0. The van der Waals surface area contributed by atoms with Crippen LogP contribution in [0, 0.1) is 0 Å². The predicted octanol–water partition coefficient (Wildman–Crippen LogP) is 2.50. The summed E-state index contributed by atoms with van der Waals surface area (Å²) in [4.78, 5) is 21.8. The highest BCUT2D eigenvalue weighted by Gasteiger charge is 2.08. The van der Waals surface area contributed by atoms with Gasteiger partial charge < -0.3 is 18.9 Å². The van der Waals surface area contributed by atoms with Crippen molar-refractivity contribution in [1.29, 1.82) is 0 Å². The molecule has 0 atom stereocenters. The van der Waals surface area contributed by atoms with E-state index in [0.29, 0.717) is 6.42 Å². The zero-order valence-corrected chi connectivity index (χ0v) is 10.7. The maximum atomic E-state index is 10.9. The van der Waals surface area contributed by atoms with E-state index >= 15 is 0 Å². The smallest absolute Gasteiger partial charge is 0.434 e. The van der Waals surface area contributed by atoms with Gasteiger partial charge in [0.1, 0.15) is 0 Å². The first-order valence-electron chi connectivity index (χ1n) is 5.58. The first-order chi connectivity index (χ1) is 7.91. The van der Waals surface area contributed by atoms with Gasteiger partial charge in [0.15, 0.2) is 0 Å². The van der Waals surface area contributed by atoms with Crippen molar-refractivity contribution in [3.63, 3.8) is 0 Å². The molecule has 17 heavy (non-hydrogen) atoms. The van der Waals surface area contributed by atoms with Crippen molar-refractivity contribution in [1.82, 2.24) is 0 Å². The minimum atomic E-state index is -0.718. The number of ether oxygens (including phenoxy) is 4. The van der Waals surface area contributed by atoms with Crippen molar-refractivity contribution >= 4 is 12.3 Å². The quantitative estimate of drug-likeness (QED) is 0.531. The second kappa shape index (κ2) is 8.66. The van der Waals surface area contributed by atoms with Crippen LogP contribution in [0.4, 0.5) is 9.59 Å². The molecule has 6 heteroatoms. The summed E-state index contributed by atoms with van der Waals surface area (Å²) >= 11 is 0. The third kappa shape index (κ3) is 10.8. The molecule has 0 N–H and O–H groups in total. The number of carbonyl (C=O) groups excluding carboxylic acids is 2. The van der Waals surface area contributed by atoms with Gasteiger partial charge in [-0.25, -0.2) is 9.59 Å². The lowest BCUT2D eigenvalue weighted by atomic mass is 10.5. The SMILES string of the molecule is CC(C)OC(=O)OCCCOC(=O)OC(C)C. The third-order valence-electron chi connectivity index (χ3n) is 1.39.